The van der Waals surface area contributed by atoms with Crippen molar-refractivity contribution in [2.24, 2.45) is 0 Å². The molecule has 114 valence electrons. The van der Waals surface area contributed by atoms with Crippen molar-refractivity contribution in [3.63, 3.8) is 0 Å². The number of rotatable bonds is 7. The maximum Gasteiger partial charge on any atom is 0.0850 e. The Labute approximate surface area is 131 Å². The van der Waals surface area contributed by atoms with E-state index in [1.807, 2.05) is 16.4 Å². The predicted octanol–water partition coefficient (Wildman–Crippen LogP) is 3.70. The lowest BCUT2D eigenvalue weighted by molar-refractivity contribution is 0.197. The van der Waals surface area contributed by atoms with Gasteiger partial charge in [0, 0.05) is 24.0 Å². The van der Waals surface area contributed by atoms with Gasteiger partial charge in [0.2, 0.25) is 0 Å². The first-order chi connectivity index (χ1) is 9.65. The molecule has 0 saturated heterocycles. The van der Waals surface area contributed by atoms with E-state index in [1.165, 1.54) is 25.7 Å². The molecule has 0 spiro atoms. The molecule has 1 aliphatic rings. The summed E-state index contributed by atoms with van der Waals surface area (Å²) in [4.78, 5) is 0. The molecule has 0 amide bonds. The molecule has 1 saturated carbocycles. The number of halogens is 1. The number of nitrogens with zero attached hydrogens (tertiary/aromatic N) is 2. The van der Waals surface area contributed by atoms with E-state index in [0.717, 1.165) is 40.4 Å². The summed E-state index contributed by atoms with van der Waals surface area (Å²) in [5, 5.41) is 16.3. The minimum absolute atomic E-state index is 0.329. The van der Waals surface area contributed by atoms with Gasteiger partial charge in [-0.2, -0.15) is 16.9 Å². The predicted molar refractivity (Wildman–Crippen MR) is 86.7 cm³/mol. The Balaban J connectivity index is 1.92. The lowest BCUT2D eigenvalue weighted by atomic mass is 10.2. The Morgan fingerprint density at radius 1 is 1.40 bits per heavy atom. The maximum atomic E-state index is 10.3. The molecule has 5 heteroatoms. The molecule has 0 aromatic carbocycles. The second kappa shape index (κ2) is 7.71. The zero-order valence-corrected chi connectivity index (χ0v) is 14.0. The Morgan fingerprint density at radius 3 is 2.70 bits per heavy atom. The zero-order chi connectivity index (χ0) is 14.5. The van der Waals surface area contributed by atoms with Crippen LogP contribution in [0.2, 0.25) is 5.02 Å². The largest absolute Gasteiger partial charge is 0.392 e. The molecule has 1 N–H and O–H groups in total. The van der Waals surface area contributed by atoms with Gasteiger partial charge in [0.1, 0.15) is 0 Å². The summed E-state index contributed by atoms with van der Waals surface area (Å²) in [6, 6.07) is 0. The quantitative estimate of drug-likeness (QED) is 0.833. The van der Waals surface area contributed by atoms with Gasteiger partial charge in [-0.05, 0) is 26.2 Å². The molecule has 1 fully saturated rings. The molecule has 1 aliphatic carbocycles. The fourth-order valence-corrected chi connectivity index (χ4v) is 4.42. The number of thioether (sulfide) groups is 1. The van der Waals surface area contributed by atoms with Crippen molar-refractivity contribution in [3.8, 4) is 0 Å². The molecule has 2 rings (SSSR count). The highest BCUT2D eigenvalue weighted by Gasteiger charge is 2.20. The monoisotopic (exact) mass is 316 g/mol. The second-order valence-electron chi connectivity index (χ2n) is 5.47. The molecule has 1 unspecified atom stereocenters. The molecule has 1 heterocycles. The SMILES string of the molecule is CCc1nn(CC)c(CC(O)CSC2CCCC2)c1Cl. The first kappa shape index (κ1) is 16.2. The number of aryl methyl sites for hydroxylation is 2. The molecular formula is C15H25ClN2OS. The number of aromatic nitrogens is 2. The zero-order valence-electron chi connectivity index (χ0n) is 12.4. The van der Waals surface area contributed by atoms with Gasteiger partial charge in [-0.15, -0.1) is 0 Å². The van der Waals surface area contributed by atoms with Crippen LogP contribution in [-0.4, -0.2) is 32.0 Å². The Morgan fingerprint density at radius 2 is 2.10 bits per heavy atom. The minimum Gasteiger partial charge on any atom is -0.392 e. The highest BCUT2D eigenvalue weighted by molar-refractivity contribution is 7.99. The van der Waals surface area contributed by atoms with Crippen LogP contribution in [0.25, 0.3) is 0 Å². The minimum atomic E-state index is -0.329. The second-order valence-corrected chi connectivity index (χ2v) is 7.19. The van der Waals surface area contributed by atoms with Gasteiger partial charge in [0.05, 0.1) is 22.5 Å². The molecule has 0 radical (unpaired) electrons. The summed E-state index contributed by atoms with van der Waals surface area (Å²) in [5.41, 5.74) is 1.93. The fraction of sp³-hybridized carbons (Fsp3) is 0.800. The van der Waals surface area contributed by atoms with Crippen molar-refractivity contribution >= 4 is 23.4 Å². The van der Waals surface area contributed by atoms with Crippen molar-refractivity contribution in [2.75, 3.05) is 5.75 Å². The van der Waals surface area contributed by atoms with E-state index < -0.39 is 0 Å². The van der Waals surface area contributed by atoms with Crippen molar-refractivity contribution < 1.29 is 5.11 Å². The Hall–Kier alpha value is -0.190. The van der Waals surface area contributed by atoms with Crippen LogP contribution in [0.4, 0.5) is 0 Å². The van der Waals surface area contributed by atoms with E-state index in [2.05, 4.69) is 18.9 Å². The van der Waals surface area contributed by atoms with Crippen LogP contribution < -0.4 is 0 Å². The molecule has 1 aromatic heterocycles. The summed E-state index contributed by atoms with van der Waals surface area (Å²) >= 11 is 8.30. The average molecular weight is 317 g/mol. The van der Waals surface area contributed by atoms with Gasteiger partial charge in [0.15, 0.2) is 0 Å². The topological polar surface area (TPSA) is 38.0 Å². The Bertz CT molecular complexity index is 430. The maximum absolute atomic E-state index is 10.3. The molecule has 20 heavy (non-hydrogen) atoms. The number of aliphatic hydroxyl groups excluding tert-OH is 1. The van der Waals surface area contributed by atoms with Crippen LogP contribution in [0, 0.1) is 0 Å². The summed E-state index contributed by atoms with van der Waals surface area (Å²) in [6.07, 6.45) is 6.44. The number of hydrogen-bond acceptors (Lipinski definition) is 3. The van der Waals surface area contributed by atoms with E-state index in [-0.39, 0.29) is 6.10 Å². The van der Waals surface area contributed by atoms with Crippen molar-refractivity contribution in [1.29, 1.82) is 0 Å². The van der Waals surface area contributed by atoms with E-state index in [4.69, 9.17) is 11.6 Å². The summed E-state index contributed by atoms with van der Waals surface area (Å²) < 4.78 is 1.94. The van der Waals surface area contributed by atoms with Crippen LogP contribution in [0.3, 0.4) is 0 Å². The van der Waals surface area contributed by atoms with Crippen LogP contribution in [-0.2, 0) is 19.4 Å². The van der Waals surface area contributed by atoms with Crippen LogP contribution >= 0.6 is 23.4 Å². The van der Waals surface area contributed by atoms with Gasteiger partial charge in [-0.3, -0.25) is 4.68 Å². The van der Waals surface area contributed by atoms with Gasteiger partial charge in [-0.1, -0.05) is 31.4 Å². The lowest BCUT2D eigenvalue weighted by Crippen LogP contribution is -2.18. The van der Waals surface area contributed by atoms with E-state index >= 15 is 0 Å². The Kier molecular flexibility index (Phi) is 6.24. The van der Waals surface area contributed by atoms with Crippen molar-refractivity contribution in [1.82, 2.24) is 9.78 Å². The summed E-state index contributed by atoms with van der Waals surface area (Å²) in [6.45, 7) is 4.92. The molecule has 3 nitrogen and oxygen atoms in total. The first-order valence-electron chi connectivity index (χ1n) is 7.69. The van der Waals surface area contributed by atoms with Crippen LogP contribution in [0.1, 0.15) is 50.9 Å². The third kappa shape index (κ3) is 3.92. The van der Waals surface area contributed by atoms with E-state index in [9.17, 15) is 5.11 Å². The third-order valence-corrected chi connectivity index (χ3v) is 5.91. The normalized spacial score (nSPS) is 17.8. The molecule has 1 atom stereocenters. The van der Waals surface area contributed by atoms with E-state index in [0.29, 0.717) is 6.42 Å². The number of hydrogen-bond donors (Lipinski definition) is 1. The van der Waals surface area contributed by atoms with Crippen LogP contribution in [0.15, 0.2) is 0 Å². The standard InChI is InChI=1S/C15H25ClN2OS/c1-3-13-15(16)14(18(4-2)17-13)9-11(19)10-20-12-7-5-6-8-12/h11-12,19H,3-10H2,1-2H3. The van der Waals surface area contributed by atoms with Crippen molar-refractivity contribution in [3.05, 3.63) is 16.4 Å². The summed E-state index contributed by atoms with van der Waals surface area (Å²) in [5.74, 6) is 0.803. The van der Waals surface area contributed by atoms with Gasteiger partial charge in [0.25, 0.3) is 0 Å². The molecule has 0 bridgehead atoms. The van der Waals surface area contributed by atoms with Gasteiger partial charge >= 0.3 is 0 Å². The average Bonchev–Trinajstić information content (AvgIpc) is 3.06. The molecule has 0 aliphatic heterocycles. The molecular weight excluding hydrogens is 292 g/mol. The van der Waals surface area contributed by atoms with Crippen molar-refractivity contribution in [2.45, 2.75) is 70.3 Å². The fourth-order valence-electron chi connectivity index (χ4n) is 2.80. The number of aliphatic hydroxyl groups is 1. The summed E-state index contributed by atoms with van der Waals surface area (Å²) in [7, 11) is 0. The molecule has 1 aromatic rings. The first-order valence-corrected chi connectivity index (χ1v) is 9.12. The van der Waals surface area contributed by atoms with E-state index in [1.54, 1.807) is 0 Å². The van der Waals surface area contributed by atoms with Gasteiger partial charge < -0.3 is 5.11 Å². The van der Waals surface area contributed by atoms with Gasteiger partial charge in [-0.25, -0.2) is 0 Å². The lowest BCUT2D eigenvalue weighted by Gasteiger charge is -2.14. The van der Waals surface area contributed by atoms with Crippen LogP contribution in [0.5, 0.6) is 0 Å². The highest BCUT2D eigenvalue weighted by Crippen LogP contribution is 2.30. The third-order valence-electron chi connectivity index (χ3n) is 3.95. The highest BCUT2D eigenvalue weighted by atomic mass is 35.5. The smallest absolute Gasteiger partial charge is 0.0850 e.